The van der Waals surface area contributed by atoms with Crippen LogP contribution in [-0.2, 0) is 23.1 Å². The van der Waals surface area contributed by atoms with Crippen LogP contribution < -0.4 is 10.6 Å². The van der Waals surface area contributed by atoms with Crippen LogP contribution >= 0.6 is 47.2 Å². The molecule has 26 heavy (non-hydrogen) atoms. The van der Waals surface area contributed by atoms with Crippen molar-refractivity contribution in [3.63, 3.8) is 0 Å². The highest BCUT2D eigenvalue weighted by Gasteiger charge is 2.08. The summed E-state index contributed by atoms with van der Waals surface area (Å²) < 4.78 is 6.45. The van der Waals surface area contributed by atoms with Crippen molar-refractivity contribution in [2.24, 2.45) is 12.0 Å². The number of carbonyl (C=O) groups excluding carboxylic acids is 1. The number of aromatic nitrogens is 1. The number of rotatable bonds is 10. The van der Waals surface area contributed by atoms with E-state index in [0.717, 1.165) is 50.4 Å². The van der Waals surface area contributed by atoms with Crippen LogP contribution in [-0.4, -0.2) is 36.7 Å². The van der Waals surface area contributed by atoms with Crippen LogP contribution in [0, 0.1) is 0 Å². The number of carbonyl (C=O) groups is 1. The number of aliphatic imine (C=N–C) groups is 1. The minimum atomic E-state index is -0.138. The Kier molecular flexibility index (Phi) is 14.0. The first-order valence-corrected chi connectivity index (χ1v) is 9.33. The number of nitrogens with one attached hydrogen (secondary N) is 2. The number of methoxy groups -OCH3 is 1. The fraction of sp³-hybridized carbons (Fsp3) is 0.647. The summed E-state index contributed by atoms with van der Waals surface area (Å²) in [7, 11) is 3.29. The summed E-state index contributed by atoms with van der Waals surface area (Å²) in [6, 6.07) is 1.83. The predicted molar refractivity (Wildman–Crippen MR) is 119 cm³/mol. The van der Waals surface area contributed by atoms with E-state index in [1.54, 1.807) is 0 Å². The van der Waals surface area contributed by atoms with Gasteiger partial charge in [0.1, 0.15) is 5.15 Å². The van der Waals surface area contributed by atoms with Gasteiger partial charge in [0.05, 0.1) is 18.7 Å². The highest BCUT2D eigenvalue weighted by molar-refractivity contribution is 14.0. The van der Waals surface area contributed by atoms with Gasteiger partial charge in [-0.1, -0.05) is 36.0 Å². The molecule has 0 aliphatic heterocycles. The molecule has 0 radical (unpaired) electrons. The molecule has 0 unspecified atom stereocenters. The first kappa shape index (κ1) is 25.3. The van der Waals surface area contributed by atoms with Gasteiger partial charge in [-0.05, 0) is 25.8 Å². The number of halogens is 3. The van der Waals surface area contributed by atoms with Gasteiger partial charge in [-0.3, -0.25) is 4.79 Å². The smallest absolute Gasteiger partial charge is 0.305 e. The van der Waals surface area contributed by atoms with Crippen LogP contribution in [0.4, 0.5) is 0 Å². The molecule has 0 atom stereocenters. The van der Waals surface area contributed by atoms with Crippen molar-refractivity contribution in [2.75, 3.05) is 20.2 Å². The van der Waals surface area contributed by atoms with Crippen molar-refractivity contribution in [1.82, 2.24) is 15.2 Å². The normalized spacial score (nSPS) is 11.0. The molecule has 6 nitrogen and oxygen atoms in total. The molecule has 0 bridgehead atoms. The lowest BCUT2D eigenvalue weighted by Gasteiger charge is -2.11. The number of nitrogens with zero attached hydrogens (tertiary/aromatic N) is 2. The number of hydrogen-bond donors (Lipinski definition) is 2. The zero-order valence-electron chi connectivity index (χ0n) is 15.6. The van der Waals surface area contributed by atoms with E-state index < -0.39 is 0 Å². The van der Waals surface area contributed by atoms with Crippen molar-refractivity contribution in [3.05, 3.63) is 21.9 Å². The summed E-state index contributed by atoms with van der Waals surface area (Å²) in [5.41, 5.74) is 0.954. The van der Waals surface area contributed by atoms with E-state index in [9.17, 15) is 4.79 Å². The minimum absolute atomic E-state index is 0. The van der Waals surface area contributed by atoms with Crippen LogP contribution in [0.1, 0.15) is 44.7 Å². The number of ether oxygens (including phenoxy) is 1. The Labute approximate surface area is 183 Å². The fourth-order valence-corrected chi connectivity index (χ4v) is 2.72. The zero-order valence-corrected chi connectivity index (χ0v) is 19.5. The third kappa shape index (κ3) is 9.32. The van der Waals surface area contributed by atoms with Gasteiger partial charge in [-0.2, -0.15) is 0 Å². The lowest BCUT2D eigenvalue weighted by atomic mass is 10.1. The third-order valence-electron chi connectivity index (χ3n) is 3.79. The van der Waals surface area contributed by atoms with Gasteiger partial charge in [0, 0.05) is 32.3 Å². The predicted octanol–water partition coefficient (Wildman–Crippen LogP) is 4.13. The molecule has 0 spiro atoms. The van der Waals surface area contributed by atoms with Crippen LogP contribution in [0.2, 0.25) is 10.2 Å². The van der Waals surface area contributed by atoms with Crippen molar-refractivity contribution in [3.8, 4) is 0 Å². The van der Waals surface area contributed by atoms with E-state index in [4.69, 9.17) is 23.2 Å². The van der Waals surface area contributed by atoms with Crippen molar-refractivity contribution >= 4 is 59.1 Å². The standard InChI is InChI=1S/C17H28Cl2N4O2.HI/c1-4-20-17(21-10-8-6-5-7-9-15(24)25-3)22-12-13-11-14(18)16(19)23(13)2;/h11H,4-10,12H2,1-3H3,(H2,20,21,22);1H. The van der Waals surface area contributed by atoms with Gasteiger partial charge in [-0.15, -0.1) is 24.0 Å². The number of hydrogen-bond acceptors (Lipinski definition) is 3. The van der Waals surface area contributed by atoms with Crippen LogP contribution in [0.15, 0.2) is 11.1 Å². The summed E-state index contributed by atoms with van der Waals surface area (Å²) >= 11 is 12.1. The SMILES string of the molecule is CCNC(=NCc1cc(Cl)c(Cl)n1C)NCCCCCCC(=O)OC.I. The average molecular weight is 519 g/mol. The molecule has 2 N–H and O–H groups in total. The molecule has 9 heteroatoms. The van der Waals surface area contributed by atoms with Crippen LogP contribution in [0.5, 0.6) is 0 Å². The van der Waals surface area contributed by atoms with Crippen molar-refractivity contribution in [2.45, 2.75) is 45.6 Å². The Morgan fingerprint density at radius 1 is 1.23 bits per heavy atom. The van der Waals surface area contributed by atoms with Crippen LogP contribution in [0.25, 0.3) is 0 Å². The lowest BCUT2D eigenvalue weighted by Crippen LogP contribution is -2.37. The molecule has 150 valence electrons. The molecule has 1 rings (SSSR count). The van der Waals surface area contributed by atoms with Gasteiger partial charge >= 0.3 is 5.97 Å². The molecular formula is C17H29Cl2IN4O2. The first-order chi connectivity index (χ1) is 12.0. The van der Waals surface area contributed by atoms with Crippen molar-refractivity contribution in [1.29, 1.82) is 0 Å². The zero-order chi connectivity index (χ0) is 18.7. The Hall–Kier alpha value is -0.670. The molecule has 0 fully saturated rings. The van der Waals surface area contributed by atoms with E-state index in [1.807, 2.05) is 24.6 Å². The van der Waals surface area contributed by atoms with E-state index in [0.29, 0.717) is 23.1 Å². The molecule has 1 aromatic heterocycles. The lowest BCUT2D eigenvalue weighted by molar-refractivity contribution is -0.140. The molecule has 0 saturated heterocycles. The van der Waals surface area contributed by atoms with Crippen molar-refractivity contribution < 1.29 is 9.53 Å². The van der Waals surface area contributed by atoms with Gasteiger partial charge < -0.3 is 19.9 Å². The largest absolute Gasteiger partial charge is 0.469 e. The summed E-state index contributed by atoms with van der Waals surface area (Å²) in [6.45, 7) is 4.15. The second-order valence-electron chi connectivity index (χ2n) is 5.70. The molecule has 0 aliphatic carbocycles. The maximum atomic E-state index is 11.0. The van der Waals surface area contributed by atoms with Gasteiger partial charge in [0.25, 0.3) is 0 Å². The Balaban J connectivity index is 0.00000625. The Bertz CT molecular complexity index is 579. The summed E-state index contributed by atoms with van der Waals surface area (Å²) in [5, 5.41) is 7.60. The van der Waals surface area contributed by atoms with Gasteiger partial charge in [0.15, 0.2) is 5.96 Å². The highest BCUT2D eigenvalue weighted by atomic mass is 127. The summed E-state index contributed by atoms with van der Waals surface area (Å²) in [4.78, 5) is 15.6. The summed E-state index contributed by atoms with van der Waals surface area (Å²) in [6.07, 6.45) is 4.47. The maximum Gasteiger partial charge on any atom is 0.305 e. The fourth-order valence-electron chi connectivity index (χ4n) is 2.30. The minimum Gasteiger partial charge on any atom is -0.469 e. The maximum absolute atomic E-state index is 11.0. The van der Waals surface area contributed by atoms with E-state index in [1.165, 1.54) is 7.11 Å². The molecule has 0 aliphatic rings. The Morgan fingerprint density at radius 3 is 2.50 bits per heavy atom. The second-order valence-corrected chi connectivity index (χ2v) is 6.46. The first-order valence-electron chi connectivity index (χ1n) is 8.58. The van der Waals surface area contributed by atoms with Crippen LogP contribution in [0.3, 0.4) is 0 Å². The molecule has 1 heterocycles. The number of guanidine groups is 1. The average Bonchev–Trinajstić information content (AvgIpc) is 2.85. The second kappa shape index (κ2) is 14.4. The third-order valence-corrected chi connectivity index (χ3v) is 4.63. The molecule has 0 aromatic carbocycles. The quantitative estimate of drug-likeness (QED) is 0.161. The highest BCUT2D eigenvalue weighted by Crippen LogP contribution is 2.25. The monoisotopic (exact) mass is 518 g/mol. The number of esters is 1. The molecular weight excluding hydrogens is 490 g/mol. The van der Waals surface area contributed by atoms with E-state index in [2.05, 4.69) is 20.4 Å². The molecule has 1 aromatic rings. The molecule has 0 amide bonds. The summed E-state index contributed by atoms with van der Waals surface area (Å²) in [5.74, 6) is 0.631. The van der Waals surface area contributed by atoms with E-state index in [-0.39, 0.29) is 29.9 Å². The van der Waals surface area contributed by atoms with E-state index >= 15 is 0 Å². The van der Waals surface area contributed by atoms with Gasteiger partial charge in [-0.25, -0.2) is 4.99 Å². The topological polar surface area (TPSA) is 67.7 Å². The number of unbranched alkanes of at least 4 members (excludes halogenated alkanes) is 3. The van der Waals surface area contributed by atoms with Gasteiger partial charge in [0.2, 0.25) is 0 Å². The molecule has 0 saturated carbocycles. The Morgan fingerprint density at radius 2 is 1.92 bits per heavy atom.